The smallest absolute Gasteiger partial charge is 0.238 e. The van der Waals surface area contributed by atoms with E-state index < -0.39 is 5.92 Å². The molecule has 2 amide bonds. The Labute approximate surface area is 163 Å². The standard InChI is InChI=1S/C20H24FN5O2/c1-20(2,13-5-7-14(21)8-6-13)12-23-16-9-10-17(26-25-16)24-19(28)15-4-3-11-22-18(15)27/h5-10,15H,3-4,11-12H2,1-2H3,(H,22,27)(H,23,25)(H,24,26,28). The van der Waals surface area contributed by atoms with Crippen LogP contribution in [-0.2, 0) is 15.0 Å². The van der Waals surface area contributed by atoms with Gasteiger partial charge in [-0.05, 0) is 42.7 Å². The lowest BCUT2D eigenvalue weighted by atomic mass is 9.84. The summed E-state index contributed by atoms with van der Waals surface area (Å²) in [5, 5.41) is 16.6. The van der Waals surface area contributed by atoms with Gasteiger partial charge >= 0.3 is 0 Å². The zero-order valence-corrected chi connectivity index (χ0v) is 16.0. The van der Waals surface area contributed by atoms with Gasteiger partial charge < -0.3 is 16.0 Å². The minimum Gasteiger partial charge on any atom is -0.368 e. The molecule has 28 heavy (non-hydrogen) atoms. The van der Waals surface area contributed by atoms with E-state index in [4.69, 9.17) is 0 Å². The normalized spacial score (nSPS) is 17.0. The fourth-order valence-corrected chi connectivity index (χ4v) is 3.04. The van der Waals surface area contributed by atoms with Crippen molar-refractivity contribution in [1.29, 1.82) is 0 Å². The molecule has 0 bridgehead atoms. The molecule has 7 nitrogen and oxygen atoms in total. The fourth-order valence-electron chi connectivity index (χ4n) is 3.04. The Morgan fingerprint density at radius 2 is 1.86 bits per heavy atom. The van der Waals surface area contributed by atoms with Crippen molar-refractivity contribution in [3.8, 4) is 0 Å². The van der Waals surface area contributed by atoms with E-state index in [1.165, 1.54) is 12.1 Å². The number of nitrogens with zero attached hydrogens (tertiary/aromatic N) is 2. The number of aromatic nitrogens is 2. The van der Waals surface area contributed by atoms with Crippen LogP contribution < -0.4 is 16.0 Å². The van der Waals surface area contributed by atoms with Crippen LogP contribution in [0, 0.1) is 11.7 Å². The van der Waals surface area contributed by atoms with E-state index in [0.717, 1.165) is 12.0 Å². The molecule has 8 heteroatoms. The summed E-state index contributed by atoms with van der Waals surface area (Å²) in [6.45, 7) is 5.27. The van der Waals surface area contributed by atoms with Crippen molar-refractivity contribution in [1.82, 2.24) is 15.5 Å². The number of rotatable bonds is 6. The van der Waals surface area contributed by atoms with Gasteiger partial charge in [-0.15, -0.1) is 10.2 Å². The number of hydrogen-bond acceptors (Lipinski definition) is 5. The van der Waals surface area contributed by atoms with Gasteiger partial charge in [0.25, 0.3) is 0 Å². The first-order valence-electron chi connectivity index (χ1n) is 9.27. The van der Waals surface area contributed by atoms with Gasteiger partial charge in [0.05, 0.1) is 0 Å². The molecule has 1 fully saturated rings. The molecule has 1 aromatic carbocycles. The second kappa shape index (κ2) is 8.33. The Balaban J connectivity index is 1.56. The number of carbonyl (C=O) groups is 2. The van der Waals surface area contributed by atoms with E-state index in [9.17, 15) is 14.0 Å². The Bertz CT molecular complexity index is 837. The highest BCUT2D eigenvalue weighted by Crippen LogP contribution is 2.24. The highest BCUT2D eigenvalue weighted by Gasteiger charge is 2.29. The monoisotopic (exact) mass is 385 g/mol. The van der Waals surface area contributed by atoms with Gasteiger partial charge in [-0.25, -0.2) is 4.39 Å². The summed E-state index contributed by atoms with van der Waals surface area (Å²) in [6.07, 6.45) is 1.31. The summed E-state index contributed by atoms with van der Waals surface area (Å²) >= 11 is 0. The van der Waals surface area contributed by atoms with Crippen LogP contribution in [0.4, 0.5) is 16.0 Å². The van der Waals surface area contributed by atoms with Crippen LogP contribution in [0.25, 0.3) is 0 Å². The van der Waals surface area contributed by atoms with Crippen molar-refractivity contribution >= 4 is 23.5 Å². The fraction of sp³-hybridized carbons (Fsp3) is 0.400. The van der Waals surface area contributed by atoms with Gasteiger partial charge in [-0.1, -0.05) is 26.0 Å². The maximum Gasteiger partial charge on any atom is 0.238 e. The van der Waals surface area contributed by atoms with E-state index >= 15 is 0 Å². The average Bonchev–Trinajstić information content (AvgIpc) is 2.68. The van der Waals surface area contributed by atoms with Crippen LogP contribution in [0.2, 0.25) is 0 Å². The first-order chi connectivity index (χ1) is 13.3. The number of nitrogens with one attached hydrogen (secondary N) is 3. The summed E-state index contributed by atoms with van der Waals surface area (Å²) in [4.78, 5) is 24.0. The lowest BCUT2D eigenvalue weighted by Crippen LogP contribution is -2.42. The third-order valence-corrected chi connectivity index (χ3v) is 4.85. The molecule has 1 atom stereocenters. The first-order valence-corrected chi connectivity index (χ1v) is 9.27. The molecule has 1 aliphatic rings. The lowest BCUT2D eigenvalue weighted by molar-refractivity contribution is -0.134. The molecule has 3 rings (SSSR count). The average molecular weight is 385 g/mol. The number of amides is 2. The molecule has 0 radical (unpaired) electrons. The van der Waals surface area contributed by atoms with Crippen molar-refractivity contribution in [2.45, 2.75) is 32.1 Å². The highest BCUT2D eigenvalue weighted by molar-refractivity contribution is 6.06. The van der Waals surface area contributed by atoms with E-state index in [2.05, 4.69) is 26.1 Å². The highest BCUT2D eigenvalue weighted by atomic mass is 19.1. The van der Waals surface area contributed by atoms with Gasteiger partial charge in [-0.2, -0.15) is 0 Å². The lowest BCUT2D eigenvalue weighted by Gasteiger charge is -2.26. The van der Waals surface area contributed by atoms with Crippen LogP contribution in [0.15, 0.2) is 36.4 Å². The molecular formula is C20H24FN5O2. The number of carbonyl (C=O) groups excluding carboxylic acids is 2. The Morgan fingerprint density at radius 3 is 2.50 bits per heavy atom. The molecule has 0 saturated carbocycles. The van der Waals surface area contributed by atoms with Crippen LogP contribution in [-0.4, -0.2) is 35.1 Å². The minimum absolute atomic E-state index is 0.239. The second-order valence-corrected chi connectivity index (χ2v) is 7.52. The summed E-state index contributed by atoms with van der Waals surface area (Å²) in [5.41, 5.74) is 0.764. The van der Waals surface area contributed by atoms with Crippen molar-refractivity contribution in [3.63, 3.8) is 0 Å². The molecule has 2 aromatic rings. The second-order valence-electron chi connectivity index (χ2n) is 7.52. The van der Waals surface area contributed by atoms with E-state index in [0.29, 0.717) is 31.1 Å². The molecular weight excluding hydrogens is 361 g/mol. The van der Waals surface area contributed by atoms with Crippen LogP contribution in [0.3, 0.4) is 0 Å². The van der Waals surface area contributed by atoms with Gasteiger partial charge in [0.1, 0.15) is 17.6 Å². The summed E-state index contributed by atoms with van der Waals surface area (Å²) in [7, 11) is 0. The quantitative estimate of drug-likeness (QED) is 0.664. The molecule has 1 aromatic heterocycles. The molecule has 2 heterocycles. The number of piperidine rings is 1. The molecule has 148 valence electrons. The van der Waals surface area contributed by atoms with Crippen LogP contribution >= 0.6 is 0 Å². The Hall–Kier alpha value is -3.03. The SMILES string of the molecule is CC(C)(CNc1ccc(NC(=O)C2CCCNC2=O)nn1)c1ccc(F)cc1. The van der Waals surface area contributed by atoms with E-state index in [1.54, 1.807) is 24.3 Å². The predicted molar refractivity (Wildman–Crippen MR) is 104 cm³/mol. The van der Waals surface area contributed by atoms with Crippen molar-refractivity contribution in [3.05, 3.63) is 47.8 Å². The maximum absolute atomic E-state index is 13.1. The topological polar surface area (TPSA) is 96.0 Å². The van der Waals surface area contributed by atoms with E-state index in [1.807, 2.05) is 13.8 Å². The third-order valence-electron chi connectivity index (χ3n) is 4.85. The maximum atomic E-state index is 13.1. The zero-order valence-electron chi connectivity index (χ0n) is 16.0. The summed E-state index contributed by atoms with van der Waals surface area (Å²) in [5.74, 6) is -0.718. The summed E-state index contributed by atoms with van der Waals surface area (Å²) in [6, 6.07) is 9.77. The molecule has 1 aliphatic heterocycles. The molecule has 1 saturated heterocycles. The predicted octanol–water partition coefficient (Wildman–Crippen LogP) is 2.47. The zero-order chi connectivity index (χ0) is 20.1. The first kappa shape index (κ1) is 19.7. The number of hydrogen-bond donors (Lipinski definition) is 3. The number of anilines is 2. The Morgan fingerprint density at radius 1 is 1.18 bits per heavy atom. The van der Waals surface area contributed by atoms with Crippen LogP contribution in [0.5, 0.6) is 0 Å². The minimum atomic E-state index is -0.690. The third kappa shape index (κ3) is 4.82. The summed E-state index contributed by atoms with van der Waals surface area (Å²) < 4.78 is 13.1. The molecule has 0 spiro atoms. The van der Waals surface area contributed by atoms with Gasteiger partial charge in [0.15, 0.2) is 5.82 Å². The largest absolute Gasteiger partial charge is 0.368 e. The molecule has 1 unspecified atom stereocenters. The van der Waals surface area contributed by atoms with Gasteiger partial charge in [0.2, 0.25) is 11.8 Å². The molecule has 0 aliphatic carbocycles. The van der Waals surface area contributed by atoms with Crippen molar-refractivity contribution in [2.75, 3.05) is 23.7 Å². The van der Waals surface area contributed by atoms with E-state index in [-0.39, 0.29) is 23.0 Å². The van der Waals surface area contributed by atoms with Gasteiger partial charge in [0, 0.05) is 18.5 Å². The Kier molecular flexibility index (Phi) is 5.87. The number of halogens is 1. The number of benzene rings is 1. The van der Waals surface area contributed by atoms with Gasteiger partial charge in [-0.3, -0.25) is 9.59 Å². The molecule has 3 N–H and O–H groups in total. The van der Waals surface area contributed by atoms with Crippen molar-refractivity contribution < 1.29 is 14.0 Å². The van der Waals surface area contributed by atoms with Crippen LogP contribution in [0.1, 0.15) is 32.3 Å². The van der Waals surface area contributed by atoms with Crippen molar-refractivity contribution in [2.24, 2.45) is 5.92 Å².